The average molecular weight is 319 g/mol. The number of fused-ring (bicyclic) bond motifs is 1. The third kappa shape index (κ3) is 2.89. The fraction of sp³-hybridized carbons (Fsp3) is 0.0625. The molecule has 0 aliphatic rings. The van der Waals surface area contributed by atoms with E-state index in [1.165, 1.54) is 0 Å². The summed E-state index contributed by atoms with van der Waals surface area (Å²) in [7, 11) is 1.64. The predicted octanol–water partition coefficient (Wildman–Crippen LogP) is 5.29. The molecule has 0 amide bonds. The Hall–Kier alpha value is -1.97. The van der Waals surface area contributed by atoms with Gasteiger partial charge in [-0.1, -0.05) is 23.2 Å². The molecule has 0 saturated heterocycles. The minimum atomic E-state index is 0.512. The molecule has 106 valence electrons. The van der Waals surface area contributed by atoms with Crippen molar-refractivity contribution in [1.29, 1.82) is 0 Å². The zero-order valence-corrected chi connectivity index (χ0v) is 12.7. The Balaban J connectivity index is 2.05. The van der Waals surface area contributed by atoms with E-state index in [0.717, 1.165) is 28.0 Å². The van der Waals surface area contributed by atoms with Gasteiger partial charge in [-0.3, -0.25) is 4.98 Å². The first-order valence-electron chi connectivity index (χ1n) is 6.32. The van der Waals surface area contributed by atoms with E-state index < -0.39 is 0 Å². The molecule has 3 nitrogen and oxygen atoms in total. The number of pyridine rings is 1. The van der Waals surface area contributed by atoms with Gasteiger partial charge in [-0.05, 0) is 42.5 Å². The standard InChI is InChI=1S/C16H12Cl2N2O/c1-21-11-3-5-15-12(9-11)16(6-7-19-15)20-10-2-4-13(17)14(18)8-10/h2-9H,1H3,(H,19,20). The minimum absolute atomic E-state index is 0.512. The molecule has 0 bridgehead atoms. The van der Waals surface area contributed by atoms with Gasteiger partial charge in [0.15, 0.2) is 0 Å². The second kappa shape index (κ2) is 5.80. The number of anilines is 2. The van der Waals surface area contributed by atoms with Crippen LogP contribution in [0.3, 0.4) is 0 Å². The third-order valence-corrected chi connectivity index (χ3v) is 3.89. The van der Waals surface area contributed by atoms with Gasteiger partial charge in [0.25, 0.3) is 0 Å². The summed E-state index contributed by atoms with van der Waals surface area (Å²) in [6.45, 7) is 0. The molecular weight excluding hydrogens is 307 g/mol. The minimum Gasteiger partial charge on any atom is -0.497 e. The smallest absolute Gasteiger partial charge is 0.119 e. The van der Waals surface area contributed by atoms with E-state index in [1.807, 2.05) is 30.3 Å². The van der Waals surface area contributed by atoms with Crippen LogP contribution in [0.4, 0.5) is 11.4 Å². The van der Waals surface area contributed by atoms with Gasteiger partial charge in [0, 0.05) is 23.0 Å². The summed E-state index contributed by atoms with van der Waals surface area (Å²) in [5.74, 6) is 0.785. The lowest BCUT2D eigenvalue weighted by Crippen LogP contribution is -1.93. The Morgan fingerprint density at radius 3 is 2.62 bits per heavy atom. The largest absolute Gasteiger partial charge is 0.497 e. The lowest BCUT2D eigenvalue weighted by atomic mass is 10.1. The number of benzene rings is 2. The van der Waals surface area contributed by atoms with Crippen LogP contribution in [0.5, 0.6) is 5.75 Å². The van der Waals surface area contributed by atoms with Crippen LogP contribution in [0.2, 0.25) is 10.0 Å². The first kappa shape index (κ1) is 14.0. The summed E-state index contributed by atoms with van der Waals surface area (Å²) in [5, 5.41) is 5.35. The van der Waals surface area contributed by atoms with Gasteiger partial charge in [0.1, 0.15) is 5.75 Å². The van der Waals surface area contributed by atoms with Crippen molar-refractivity contribution in [3.63, 3.8) is 0 Å². The molecule has 3 aromatic rings. The number of methoxy groups -OCH3 is 1. The quantitative estimate of drug-likeness (QED) is 0.712. The average Bonchev–Trinajstić information content (AvgIpc) is 2.51. The molecule has 0 fully saturated rings. The van der Waals surface area contributed by atoms with Gasteiger partial charge in [-0.15, -0.1) is 0 Å². The van der Waals surface area contributed by atoms with E-state index in [4.69, 9.17) is 27.9 Å². The summed E-state index contributed by atoms with van der Waals surface area (Å²) in [4.78, 5) is 4.35. The zero-order valence-electron chi connectivity index (χ0n) is 11.2. The molecule has 0 saturated carbocycles. The van der Waals surface area contributed by atoms with E-state index >= 15 is 0 Å². The first-order valence-corrected chi connectivity index (χ1v) is 7.08. The van der Waals surface area contributed by atoms with Gasteiger partial charge < -0.3 is 10.1 Å². The fourth-order valence-corrected chi connectivity index (χ4v) is 2.39. The molecule has 1 N–H and O–H groups in total. The van der Waals surface area contributed by atoms with Crippen molar-refractivity contribution in [3.05, 3.63) is 58.7 Å². The predicted molar refractivity (Wildman–Crippen MR) is 88.0 cm³/mol. The van der Waals surface area contributed by atoms with Crippen LogP contribution in [0.1, 0.15) is 0 Å². The zero-order chi connectivity index (χ0) is 14.8. The van der Waals surface area contributed by atoms with Gasteiger partial charge >= 0.3 is 0 Å². The molecule has 0 spiro atoms. The van der Waals surface area contributed by atoms with Crippen molar-refractivity contribution in [2.24, 2.45) is 0 Å². The summed E-state index contributed by atoms with van der Waals surface area (Å²) in [5.41, 5.74) is 2.68. The van der Waals surface area contributed by atoms with E-state index in [0.29, 0.717) is 10.0 Å². The van der Waals surface area contributed by atoms with Crippen LogP contribution in [0.15, 0.2) is 48.7 Å². The van der Waals surface area contributed by atoms with Gasteiger partial charge in [0.05, 0.1) is 22.7 Å². The molecule has 5 heteroatoms. The van der Waals surface area contributed by atoms with Gasteiger partial charge in [0.2, 0.25) is 0 Å². The summed E-state index contributed by atoms with van der Waals surface area (Å²) in [6, 6.07) is 13.1. The Bertz CT molecular complexity index is 805. The lowest BCUT2D eigenvalue weighted by molar-refractivity contribution is 0.415. The number of aromatic nitrogens is 1. The highest BCUT2D eigenvalue weighted by atomic mass is 35.5. The number of hydrogen-bond donors (Lipinski definition) is 1. The van der Waals surface area contributed by atoms with Crippen LogP contribution in [0.25, 0.3) is 10.9 Å². The molecule has 0 atom stereocenters. The summed E-state index contributed by atoms with van der Waals surface area (Å²) >= 11 is 12.0. The molecule has 0 aliphatic carbocycles. The Morgan fingerprint density at radius 1 is 1.00 bits per heavy atom. The SMILES string of the molecule is COc1ccc2nccc(Nc3ccc(Cl)c(Cl)c3)c2c1. The topological polar surface area (TPSA) is 34.1 Å². The maximum absolute atomic E-state index is 6.04. The normalized spacial score (nSPS) is 10.6. The van der Waals surface area contributed by atoms with Crippen molar-refractivity contribution in [1.82, 2.24) is 4.98 Å². The number of ether oxygens (including phenoxy) is 1. The molecule has 1 heterocycles. The van der Waals surface area contributed by atoms with E-state index in [2.05, 4.69) is 10.3 Å². The van der Waals surface area contributed by atoms with Crippen molar-refractivity contribution in [2.45, 2.75) is 0 Å². The molecular formula is C16H12Cl2N2O. The van der Waals surface area contributed by atoms with Crippen molar-refractivity contribution in [3.8, 4) is 5.75 Å². The van der Waals surface area contributed by atoms with Crippen molar-refractivity contribution in [2.75, 3.05) is 12.4 Å². The van der Waals surface area contributed by atoms with Crippen molar-refractivity contribution < 1.29 is 4.74 Å². The van der Waals surface area contributed by atoms with Gasteiger partial charge in [-0.2, -0.15) is 0 Å². The number of halogens is 2. The molecule has 2 aromatic carbocycles. The molecule has 0 radical (unpaired) electrons. The maximum Gasteiger partial charge on any atom is 0.119 e. The summed E-state index contributed by atoms with van der Waals surface area (Å²) < 4.78 is 5.27. The Morgan fingerprint density at radius 2 is 1.86 bits per heavy atom. The Labute approximate surface area is 132 Å². The molecule has 21 heavy (non-hydrogen) atoms. The second-order valence-electron chi connectivity index (χ2n) is 4.50. The lowest BCUT2D eigenvalue weighted by Gasteiger charge is -2.11. The summed E-state index contributed by atoms with van der Waals surface area (Å²) in [6.07, 6.45) is 1.76. The maximum atomic E-state index is 6.04. The van der Waals surface area contributed by atoms with Crippen LogP contribution in [-0.2, 0) is 0 Å². The number of nitrogens with zero attached hydrogens (tertiary/aromatic N) is 1. The highest BCUT2D eigenvalue weighted by Crippen LogP contribution is 2.31. The van der Waals surface area contributed by atoms with E-state index in [-0.39, 0.29) is 0 Å². The van der Waals surface area contributed by atoms with Crippen LogP contribution in [0, 0.1) is 0 Å². The van der Waals surface area contributed by atoms with Crippen LogP contribution >= 0.6 is 23.2 Å². The van der Waals surface area contributed by atoms with E-state index in [9.17, 15) is 0 Å². The number of hydrogen-bond acceptors (Lipinski definition) is 3. The fourth-order valence-electron chi connectivity index (χ4n) is 2.09. The monoisotopic (exact) mass is 318 g/mol. The first-order chi connectivity index (χ1) is 10.2. The van der Waals surface area contributed by atoms with Gasteiger partial charge in [-0.25, -0.2) is 0 Å². The highest BCUT2D eigenvalue weighted by Gasteiger charge is 2.05. The number of rotatable bonds is 3. The molecule has 3 rings (SSSR count). The van der Waals surface area contributed by atoms with Crippen molar-refractivity contribution >= 4 is 45.5 Å². The van der Waals surface area contributed by atoms with E-state index in [1.54, 1.807) is 25.4 Å². The Kier molecular flexibility index (Phi) is 3.86. The number of nitrogens with one attached hydrogen (secondary N) is 1. The third-order valence-electron chi connectivity index (χ3n) is 3.15. The highest BCUT2D eigenvalue weighted by molar-refractivity contribution is 6.42. The second-order valence-corrected chi connectivity index (χ2v) is 5.31. The van der Waals surface area contributed by atoms with Crippen LogP contribution < -0.4 is 10.1 Å². The van der Waals surface area contributed by atoms with Crippen LogP contribution in [-0.4, -0.2) is 12.1 Å². The molecule has 1 aromatic heterocycles. The molecule has 0 aliphatic heterocycles. The molecule has 0 unspecified atom stereocenters.